The molecule has 5 rings (SSSR count). The van der Waals surface area contributed by atoms with Gasteiger partial charge in [-0.2, -0.15) is 0 Å². The van der Waals surface area contributed by atoms with Gasteiger partial charge in [0.2, 0.25) is 14.3 Å². The van der Waals surface area contributed by atoms with Crippen LogP contribution in [0.25, 0.3) is 0 Å². The zero-order valence-corrected chi connectivity index (χ0v) is 25.5. The number of halogens is 1. The maximum absolute atomic E-state index is 16.1. The Morgan fingerprint density at radius 3 is 2.52 bits per heavy atom. The zero-order valence-electron chi connectivity index (χ0n) is 24.5. The highest BCUT2D eigenvalue weighted by atomic mass is 28.4. The molecule has 3 heterocycles. The lowest BCUT2D eigenvalue weighted by atomic mass is 9.82. The van der Waals surface area contributed by atoms with Crippen molar-refractivity contribution in [3.63, 3.8) is 0 Å². The standard InChI is InChI=1S/C31H40FN3O6Si/c1-19-28(42(3,4)32)26(16-27(38)34-15-7-8-23(34)18-36)41-31(19)24-9-5-6-10-25(24)35(30(31)40)17-21-11-13-22(14-12-21)33-29(39)20(2)37/h5-6,9-14,19-20,23,26,28,36-37H,7-8,15-18H2,1-4H3,(H,33,39)/t19-,20-,23-,26+,28-,31+/m0/s1. The molecule has 6 atom stereocenters. The smallest absolute Gasteiger partial charge is 0.264 e. The predicted molar refractivity (Wildman–Crippen MR) is 159 cm³/mol. The summed E-state index contributed by atoms with van der Waals surface area (Å²) in [4.78, 5) is 43.0. The molecule has 2 fully saturated rings. The third kappa shape index (κ3) is 5.27. The summed E-state index contributed by atoms with van der Waals surface area (Å²) in [5.41, 5.74) is 0.679. The number of nitrogens with one attached hydrogen (secondary N) is 1. The van der Waals surface area contributed by atoms with E-state index in [1.807, 2.05) is 31.2 Å². The molecule has 9 nitrogen and oxygen atoms in total. The van der Waals surface area contributed by atoms with E-state index in [1.165, 1.54) is 6.92 Å². The molecular weight excluding hydrogens is 557 g/mol. The second kappa shape index (κ2) is 11.5. The van der Waals surface area contributed by atoms with Gasteiger partial charge in [0.05, 0.1) is 37.4 Å². The van der Waals surface area contributed by atoms with Crippen molar-refractivity contribution in [2.75, 3.05) is 23.4 Å². The number of likely N-dealkylation sites (tertiary alicyclic amines) is 1. The summed E-state index contributed by atoms with van der Waals surface area (Å²) in [5, 5.41) is 21.8. The zero-order chi connectivity index (χ0) is 30.4. The van der Waals surface area contributed by atoms with Crippen molar-refractivity contribution in [3.05, 3.63) is 59.7 Å². The minimum absolute atomic E-state index is 0.0390. The minimum atomic E-state index is -3.42. The molecule has 3 N–H and O–H groups in total. The molecule has 2 aromatic rings. The maximum atomic E-state index is 16.1. The highest BCUT2D eigenvalue weighted by molar-refractivity contribution is 6.72. The number of anilines is 2. The van der Waals surface area contributed by atoms with Crippen molar-refractivity contribution in [1.29, 1.82) is 0 Å². The van der Waals surface area contributed by atoms with Crippen molar-refractivity contribution < 1.29 is 33.4 Å². The third-order valence-electron chi connectivity index (χ3n) is 9.09. The molecule has 2 aromatic carbocycles. The number of nitrogens with zero attached hydrogens (tertiary/aromatic N) is 2. The van der Waals surface area contributed by atoms with E-state index in [4.69, 9.17) is 4.74 Å². The van der Waals surface area contributed by atoms with Gasteiger partial charge in [0.25, 0.3) is 11.8 Å². The van der Waals surface area contributed by atoms with E-state index in [2.05, 4.69) is 5.32 Å². The number of carbonyl (C=O) groups excluding carboxylic acids is 3. The van der Waals surface area contributed by atoms with Crippen LogP contribution < -0.4 is 10.2 Å². The topological polar surface area (TPSA) is 119 Å². The first-order chi connectivity index (χ1) is 19.9. The van der Waals surface area contributed by atoms with Gasteiger partial charge in [-0.15, -0.1) is 0 Å². The van der Waals surface area contributed by atoms with Crippen molar-refractivity contribution in [2.24, 2.45) is 5.92 Å². The number of rotatable bonds is 8. The van der Waals surface area contributed by atoms with Crippen LogP contribution in [0.15, 0.2) is 48.5 Å². The molecule has 0 radical (unpaired) electrons. The molecule has 0 aromatic heterocycles. The van der Waals surface area contributed by atoms with Crippen LogP contribution in [0.5, 0.6) is 0 Å². The fourth-order valence-corrected chi connectivity index (χ4v) is 9.62. The van der Waals surface area contributed by atoms with Crippen LogP contribution in [0, 0.1) is 5.92 Å². The normalized spacial score (nSPS) is 27.9. The van der Waals surface area contributed by atoms with Gasteiger partial charge in [-0.3, -0.25) is 14.4 Å². The van der Waals surface area contributed by atoms with Crippen LogP contribution in [0.4, 0.5) is 15.5 Å². The fraction of sp³-hybridized carbons (Fsp3) is 0.516. The van der Waals surface area contributed by atoms with Gasteiger partial charge in [0, 0.05) is 29.3 Å². The molecule has 1 spiro atoms. The number of amides is 3. The number of hydrogen-bond acceptors (Lipinski definition) is 6. The summed E-state index contributed by atoms with van der Waals surface area (Å²) in [6.45, 7) is 7.15. The Labute approximate surface area is 246 Å². The Balaban J connectivity index is 1.44. The summed E-state index contributed by atoms with van der Waals surface area (Å²) in [7, 11) is -3.42. The lowest BCUT2D eigenvalue weighted by Crippen LogP contribution is -2.45. The Morgan fingerprint density at radius 1 is 1.19 bits per heavy atom. The van der Waals surface area contributed by atoms with Gasteiger partial charge in [-0.1, -0.05) is 37.3 Å². The average Bonchev–Trinajstić information content (AvgIpc) is 3.60. The number of benzene rings is 2. The van der Waals surface area contributed by atoms with Crippen LogP contribution in [-0.2, 0) is 31.3 Å². The van der Waals surface area contributed by atoms with E-state index >= 15 is 4.11 Å². The molecule has 0 saturated carbocycles. The summed E-state index contributed by atoms with van der Waals surface area (Å²) in [5.74, 6) is -1.48. The molecule has 0 unspecified atom stereocenters. The van der Waals surface area contributed by atoms with Crippen molar-refractivity contribution in [1.82, 2.24) is 4.90 Å². The van der Waals surface area contributed by atoms with Gasteiger partial charge < -0.3 is 34.2 Å². The monoisotopic (exact) mass is 597 g/mol. The fourth-order valence-electron chi connectivity index (χ4n) is 7.12. The van der Waals surface area contributed by atoms with Crippen LogP contribution in [-0.4, -0.2) is 72.6 Å². The first kappa shape index (κ1) is 30.3. The lowest BCUT2D eigenvalue weighted by Gasteiger charge is -2.31. The molecule has 3 aliphatic rings. The summed E-state index contributed by atoms with van der Waals surface area (Å²) in [6, 6.07) is 14.2. The number of ether oxygens (including phenoxy) is 1. The highest BCUT2D eigenvalue weighted by Gasteiger charge is 2.67. The van der Waals surface area contributed by atoms with Gasteiger partial charge in [-0.25, -0.2) is 0 Å². The first-order valence-corrected chi connectivity index (χ1v) is 17.6. The van der Waals surface area contributed by atoms with Crippen molar-refractivity contribution >= 4 is 37.5 Å². The van der Waals surface area contributed by atoms with E-state index in [0.717, 1.165) is 18.4 Å². The Kier molecular flexibility index (Phi) is 8.32. The number of para-hydroxylation sites is 1. The molecule has 2 saturated heterocycles. The molecule has 0 bridgehead atoms. The largest absolute Gasteiger partial charge is 0.394 e. The SMILES string of the molecule is C[C@H](O)C(=O)Nc1ccc(CN2C(=O)[C@]3(O[C@H](CC(=O)N4CCC[C@H]4CO)[C@@H]([Si](C)(C)F)[C@@H]3C)c3ccccc32)cc1. The second-order valence-electron chi connectivity index (χ2n) is 12.3. The summed E-state index contributed by atoms with van der Waals surface area (Å²) < 4.78 is 22.7. The van der Waals surface area contributed by atoms with Gasteiger partial charge in [0.1, 0.15) is 6.10 Å². The van der Waals surface area contributed by atoms with E-state index in [1.54, 1.807) is 47.2 Å². The van der Waals surface area contributed by atoms with E-state index in [9.17, 15) is 24.6 Å². The number of carbonyl (C=O) groups is 3. The van der Waals surface area contributed by atoms with E-state index in [-0.39, 0.29) is 37.4 Å². The number of aliphatic hydroxyl groups excluding tert-OH is 2. The van der Waals surface area contributed by atoms with Gasteiger partial charge in [0.15, 0.2) is 5.60 Å². The van der Waals surface area contributed by atoms with Crippen molar-refractivity contribution in [2.45, 2.75) is 82.1 Å². The molecule has 226 valence electrons. The van der Waals surface area contributed by atoms with Crippen LogP contribution in [0.1, 0.15) is 44.2 Å². The molecule has 42 heavy (non-hydrogen) atoms. The molecule has 11 heteroatoms. The third-order valence-corrected chi connectivity index (χ3v) is 11.6. The lowest BCUT2D eigenvalue weighted by molar-refractivity contribution is -0.150. The number of aliphatic hydroxyl groups is 2. The number of hydrogen-bond donors (Lipinski definition) is 3. The van der Waals surface area contributed by atoms with E-state index < -0.39 is 43.6 Å². The first-order valence-electron chi connectivity index (χ1n) is 14.6. The molecule has 3 aliphatic heterocycles. The van der Waals surface area contributed by atoms with Crippen molar-refractivity contribution in [3.8, 4) is 0 Å². The average molecular weight is 598 g/mol. The minimum Gasteiger partial charge on any atom is -0.394 e. The Bertz CT molecular complexity index is 1350. The number of fused-ring (bicyclic) bond motifs is 2. The summed E-state index contributed by atoms with van der Waals surface area (Å²) >= 11 is 0. The Hall–Kier alpha value is -3.12. The van der Waals surface area contributed by atoms with Gasteiger partial charge >= 0.3 is 0 Å². The van der Waals surface area contributed by atoms with Gasteiger partial charge in [-0.05, 0) is 56.6 Å². The molecule has 3 amide bonds. The van der Waals surface area contributed by atoms with E-state index in [0.29, 0.717) is 23.5 Å². The van der Waals surface area contributed by atoms with Crippen LogP contribution in [0.2, 0.25) is 18.6 Å². The highest BCUT2D eigenvalue weighted by Crippen LogP contribution is 2.60. The van der Waals surface area contributed by atoms with Crippen LogP contribution in [0.3, 0.4) is 0 Å². The predicted octanol–water partition coefficient (Wildman–Crippen LogP) is 3.70. The van der Waals surface area contributed by atoms with Crippen LogP contribution >= 0.6 is 0 Å². The second-order valence-corrected chi connectivity index (χ2v) is 16.1. The molecular formula is C31H40FN3O6Si. The summed E-state index contributed by atoms with van der Waals surface area (Å²) in [6.07, 6.45) is -0.407. The quantitative estimate of drug-likeness (QED) is 0.316. The maximum Gasteiger partial charge on any atom is 0.264 e. The Morgan fingerprint density at radius 2 is 1.88 bits per heavy atom. The molecule has 0 aliphatic carbocycles.